The summed E-state index contributed by atoms with van der Waals surface area (Å²) in [6, 6.07) is 0. The second-order valence-electron chi connectivity index (χ2n) is 2.65. The molecular formula is C10H22N2O2. The largest absolute Gasteiger partial charge is 0.346 e. The van der Waals surface area contributed by atoms with Crippen molar-refractivity contribution < 1.29 is 9.59 Å². The Hall–Kier alpha value is -1.06. The van der Waals surface area contributed by atoms with Crippen LogP contribution in [-0.2, 0) is 9.59 Å². The van der Waals surface area contributed by atoms with E-state index >= 15 is 0 Å². The number of amides is 2. The molecule has 0 N–H and O–H groups in total. The minimum absolute atomic E-state index is 0.819. The third-order valence-electron chi connectivity index (χ3n) is 1.92. The SMILES string of the molecule is CCN(C=O)CC.CCN(C=O)CC. The third-order valence-corrected chi connectivity index (χ3v) is 1.92. The first-order valence-corrected chi connectivity index (χ1v) is 5.08. The number of carbonyl (C=O) groups excluding carboxylic acids is 2. The highest BCUT2D eigenvalue weighted by atomic mass is 16.1. The Morgan fingerprint density at radius 3 is 0.929 bits per heavy atom. The number of hydrogen-bond acceptors (Lipinski definition) is 2. The van der Waals surface area contributed by atoms with Gasteiger partial charge in [0.1, 0.15) is 0 Å². The summed E-state index contributed by atoms with van der Waals surface area (Å²) in [5.74, 6) is 0. The van der Waals surface area contributed by atoms with E-state index in [-0.39, 0.29) is 0 Å². The monoisotopic (exact) mass is 202 g/mol. The van der Waals surface area contributed by atoms with Crippen molar-refractivity contribution >= 4 is 12.8 Å². The van der Waals surface area contributed by atoms with E-state index in [0.717, 1.165) is 39.0 Å². The summed E-state index contributed by atoms with van der Waals surface area (Å²) in [5, 5.41) is 0. The highest BCUT2D eigenvalue weighted by Crippen LogP contribution is 1.76. The molecule has 0 rings (SSSR count). The quantitative estimate of drug-likeness (QED) is 0.602. The van der Waals surface area contributed by atoms with Gasteiger partial charge in [0.15, 0.2) is 0 Å². The molecule has 0 aliphatic carbocycles. The van der Waals surface area contributed by atoms with Gasteiger partial charge in [-0.15, -0.1) is 0 Å². The van der Waals surface area contributed by atoms with Crippen LogP contribution in [0.4, 0.5) is 0 Å². The van der Waals surface area contributed by atoms with Crippen molar-refractivity contribution in [1.29, 1.82) is 0 Å². The first-order valence-electron chi connectivity index (χ1n) is 5.08. The predicted molar refractivity (Wildman–Crippen MR) is 58.0 cm³/mol. The maximum atomic E-state index is 9.89. The molecule has 14 heavy (non-hydrogen) atoms. The van der Waals surface area contributed by atoms with Crippen LogP contribution in [0.2, 0.25) is 0 Å². The van der Waals surface area contributed by atoms with Gasteiger partial charge in [-0.2, -0.15) is 0 Å². The molecule has 4 nitrogen and oxygen atoms in total. The van der Waals surface area contributed by atoms with Gasteiger partial charge in [0.2, 0.25) is 12.8 Å². The molecule has 4 heteroatoms. The molecule has 2 amide bonds. The number of carbonyl (C=O) groups is 2. The fourth-order valence-corrected chi connectivity index (χ4v) is 0.745. The van der Waals surface area contributed by atoms with Crippen LogP contribution in [0.1, 0.15) is 27.7 Å². The van der Waals surface area contributed by atoms with Gasteiger partial charge in [-0.1, -0.05) is 0 Å². The topological polar surface area (TPSA) is 40.6 Å². The molecule has 0 spiro atoms. The van der Waals surface area contributed by atoms with Gasteiger partial charge in [0.05, 0.1) is 0 Å². The molecule has 0 unspecified atom stereocenters. The van der Waals surface area contributed by atoms with Crippen LogP contribution in [0.3, 0.4) is 0 Å². The van der Waals surface area contributed by atoms with Gasteiger partial charge < -0.3 is 9.80 Å². The summed E-state index contributed by atoms with van der Waals surface area (Å²) in [6.45, 7) is 11.1. The Morgan fingerprint density at radius 2 is 0.929 bits per heavy atom. The highest BCUT2D eigenvalue weighted by Gasteiger charge is 1.87. The molecule has 0 aromatic rings. The van der Waals surface area contributed by atoms with Crippen LogP contribution in [0.15, 0.2) is 0 Å². The highest BCUT2D eigenvalue weighted by molar-refractivity contribution is 5.46. The zero-order valence-corrected chi connectivity index (χ0v) is 9.69. The molecule has 0 atom stereocenters. The van der Waals surface area contributed by atoms with Gasteiger partial charge in [0.25, 0.3) is 0 Å². The molecule has 0 aliphatic heterocycles. The van der Waals surface area contributed by atoms with Crippen LogP contribution in [0, 0.1) is 0 Å². The molecule has 0 aromatic heterocycles. The number of hydrogen-bond donors (Lipinski definition) is 0. The fraction of sp³-hybridized carbons (Fsp3) is 0.800. The first-order chi connectivity index (χ1) is 6.69. The van der Waals surface area contributed by atoms with Crippen molar-refractivity contribution in [3.05, 3.63) is 0 Å². The van der Waals surface area contributed by atoms with Crippen molar-refractivity contribution in [1.82, 2.24) is 9.80 Å². The summed E-state index contributed by atoms with van der Waals surface area (Å²) in [5.41, 5.74) is 0. The average Bonchev–Trinajstić information content (AvgIpc) is 2.24. The maximum Gasteiger partial charge on any atom is 0.209 e. The van der Waals surface area contributed by atoms with Gasteiger partial charge in [0, 0.05) is 26.2 Å². The van der Waals surface area contributed by atoms with E-state index in [0.29, 0.717) is 0 Å². The summed E-state index contributed by atoms with van der Waals surface area (Å²) >= 11 is 0. The van der Waals surface area contributed by atoms with Crippen LogP contribution < -0.4 is 0 Å². The lowest BCUT2D eigenvalue weighted by atomic mass is 10.6. The molecule has 0 heterocycles. The van der Waals surface area contributed by atoms with Crippen LogP contribution in [0.5, 0.6) is 0 Å². The first kappa shape index (κ1) is 15.4. The van der Waals surface area contributed by atoms with Gasteiger partial charge in [-0.3, -0.25) is 9.59 Å². The lowest BCUT2D eigenvalue weighted by molar-refractivity contribution is -0.118. The van der Waals surface area contributed by atoms with Crippen molar-refractivity contribution in [2.75, 3.05) is 26.2 Å². The second kappa shape index (κ2) is 11.9. The molecule has 84 valence electrons. The molecule has 0 aromatic carbocycles. The summed E-state index contributed by atoms with van der Waals surface area (Å²) in [4.78, 5) is 23.2. The molecule has 0 fully saturated rings. The summed E-state index contributed by atoms with van der Waals surface area (Å²) in [7, 11) is 0. The van der Waals surface area contributed by atoms with Crippen molar-refractivity contribution in [2.45, 2.75) is 27.7 Å². The van der Waals surface area contributed by atoms with Gasteiger partial charge in [-0.25, -0.2) is 0 Å². The fourth-order valence-electron chi connectivity index (χ4n) is 0.745. The minimum atomic E-state index is 0.819. The second-order valence-corrected chi connectivity index (χ2v) is 2.65. The lowest BCUT2D eigenvalue weighted by Gasteiger charge is -2.08. The molecule has 0 radical (unpaired) electrons. The third kappa shape index (κ3) is 9.03. The normalized spacial score (nSPS) is 8.29. The number of nitrogens with zero attached hydrogens (tertiary/aromatic N) is 2. The maximum absolute atomic E-state index is 9.89. The molecular weight excluding hydrogens is 180 g/mol. The Kier molecular flexibility index (Phi) is 13.1. The Bertz CT molecular complexity index is 116. The molecule has 0 bridgehead atoms. The van der Waals surface area contributed by atoms with Gasteiger partial charge >= 0.3 is 0 Å². The minimum Gasteiger partial charge on any atom is -0.346 e. The number of rotatable bonds is 6. The summed E-state index contributed by atoms with van der Waals surface area (Å²) < 4.78 is 0. The van der Waals surface area contributed by atoms with Crippen LogP contribution in [0.25, 0.3) is 0 Å². The molecule has 0 saturated carbocycles. The lowest BCUT2D eigenvalue weighted by Crippen LogP contribution is -2.19. The summed E-state index contributed by atoms with van der Waals surface area (Å²) in [6.07, 6.45) is 1.72. The Labute approximate surface area is 86.9 Å². The van der Waals surface area contributed by atoms with Crippen molar-refractivity contribution in [3.63, 3.8) is 0 Å². The Morgan fingerprint density at radius 1 is 0.714 bits per heavy atom. The predicted octanol–water partition coefficient (Wildman–Crippen LogP) is 0.969. The van der Waals surface area contributed by atoms with Gasteiger partial charge in [-0.05, 0) is 27.7 Å². The molecule has 0 aliphatic rings. The Balaban J connectivity index is 0. The van der Waals surface area contributed by atoms with Crippen molar-refractivity contribution in [2.24, 2.45) is 0 Å². The average molecular weight is 202 g/mol. The van der Waals surface area contributed by atoms with Crippen LogP contribution in [-0.4, -0.2) is 48.8 Å². The molecule has 0 saturated heterocycles. The van der Waals surface area contributed by atoms with E-state index in [9.17, 15) is 9.59 Å². The van der Waals surface area contributed by atoms with Crippen LogP contribution >= 0.6 is 0 Å². The zero-order chi connectivity index (χ0) is 11.4. The van der Waals surface area contributed by atoms with E-state index in [1.54, 1.807) is 9.80 Å². The smallest absolute Gasteiger partial charge is 0.209 e. The van der Waals surface area contributed by atoms with E-state index in [1.165, 1.54) is 0 Å². The van der Waals surface area contributed by atoms with E-state index in [1.807, 2.05) is 27.7 Å². The van der Waals surface area contributed by atoms with E-state index in [4.69, 9.17) is 0 Å². The zero-order valence-electron chi connectivity index (χ0n) is 9.69. The standard InChI is InChI=1S/2C5H11NO/c2*1-3-6(4-2)5-7/h2*5H,3-4H2,1-2H3. The van der Waals surface area contributed by atoms with Crippen molar-refractivity contribution in [3.8, 4) is 0 Å². The van der Waals surface area contributed by atoms with E-state index in [2.05, 4.69) is 0 Å². The van der Waals surface area contributed by atoms with E-state index < -0.39 is 0 Å².